The molecule has 4 aliphatic rings. The zero-order valence-corrected chi connectivity index (χ0v) is 13.4. The van der Waals surface area contributed by atoms with Crippen molar-refractivity contribution in [2.24, 2.45) is 5.92 Å². The van der Waals surface area contributed by atoms with E-state index in [0.29, 0.717) is 27.9 Å². The predicted octanol–water partition coefficient (Wildman–Crippen LogP) is 1.49. The predicted molar refractivity (Wildman–Crippen MR) is 86.0 cm³/mol. The molecule has 0 saturated carbocycles. The third-order valence-electron chi connectivity index (χ3n) is 4.89. The molecule has 0 spiro atoms. The number of ether oxygens (including phenoxy) is 1. The lowest BCUT2D eigenvalue weighted by Gasteiger charge is -2.45. The highest BCUT2D eigenvalue weighted by Crippen LogP contribution is 2.35. The smallest absolute Gasteiger partial charge is 0.262 e. The Morgan fingerprint density at radius 1 is 1.35 bits per heavy atom. The Morgan fingerprint density at radius 3 is 2.83 bits per heavy atom. The Balaban J connectivity index is 1.58. The first kappa shape index (κ1) is 14.8. The van der Waals surface area contributed by atoms with Crippen molar-refractivity contribution in [3.63, 3.8) is 0 Å². The van der Waals surface area contributed by atoms with E-state index in [9.17, 15) is 9.59 Å². The summed E-state index contributed by atoms with van der Waals surface area (Å²) in [5.41, 5.74) is 0.830. The van der Waals surface area contributed by atoms with Crippen LogP contribution in [0.4, 0.5) is 5.69 Å². The molecule has 0 aliphatic carbocycles. The molecule has 23 heavy (non-hydrogen) atoms. The summed E-state index contributed by atoms with van der Waals surface area (Å²) in [5.74, 6) is 0.495. The van der Waals surface area contributed by atoms with Crippen molar-refractivity contribution < 1.29 is 14.3 Å². The van der Waals surface area contributed by atoms with Gasteiger partial charge in [0.15, 0.2) is 12.4 Å². The van der Waals surface area contributed by atoms with Crippen LogP contribution in [0.15, 0.2) is 12.1 Å². The highest BCUT2D eigenvalue weighted by Gasteiger charge is 2.35. The monoisotopic (exact) mass is 335 g/mol. The number of nitrogens with one attached hydrogen (secondary N) is 2. The van der Waals surface area contributed by atoms with Crippen LogP contribution in [0, 0.1) is 5.92 Å². The summed E-state index contributed by atoms with van der Waals surface area (Å²) in [6, 6.07) is 3.35. The van der Waals surface area contributed by atoms with E-state index < -0.39 is 0 Å². The fourth-order valence-electron chi connectivity index (χ4n) is 3.71. The molecule has 1 atom stereocenters. The van der Waals surface area contributed by atoms with E-state index in [2.05, 4.69) is 15.5 Å². The van der Waals surface area contributed by atoms with Gasteiger partial charge in [-0.25, -0.2) is 0 Å². The number of benzene rings is 1. The number of hydrogen-bond acceptors (Lipinski definition) is 4. The van der Waals surface area contributed by atoms with Gasteiger partial charge in [0.25, 0.3) is 11.8 Å². The van der Waals surface area contributed by atoms with Crippen LogP contribution in [0.5, 0.6) is 5.75 Å². The van der Waals surface area contributed by atoms with Gasteiger partial charge in [0.05, 0.1) is 11.3 Å². The van der Waals surface area contributed by atoms with E-state index in [4.69, 9.17) is 16.3 Å². The highest BCUT2D eigenvalue weighted by molar-refractivity contribution is 6.31. The molecule has 2 N–H and O–H groups in total. The Labute approximate surface area is 139 Å². The van der Waals surface area contributed by atoms with Gasteiger partial charge in [0.1, 0.15) is 0 Å². The lowest BCUT2D eigenvalue weighted by Crippen LogP contribution is -2.57. The second-order valence-electron chi connectivity index (χ2n) is 6.38. The Kier molecular flexibility index (Phi) is 3.66. The molecule has 2 amide bonds. The molecule has 4 aliphatic heterocycles. The van der Waals surface area contributed by atoms with Crippen LogP contribution in [0.25, 0.3) is 0 Å². The van der Waals surface area contributed by atoms with Gasteiger partial charge >= 0.3 is 0 Å². The lowest BCUT2D eigenvalue weighted by atomic mass is 9.84. The van der Waals surface area contributed by atoms with Crippen LogP contribution in [0.3, 0.4) is 0 Å². The van der Waals surface area contributed by atoms with E-state index >= 15 is 0 Å². The zero-order chi connectivity index (χ0) is 16.0. The second kappa shape index (κ2) is 5.69. The van der Waals surface area contributed by atoms with E-state index in [1.54, 1.807) is 12.1 Å². The molecular weight excluding hydrogens is 318 g/mol. The fraction of sp³-hybridized carbons (Fsp3) is 0.500. The quantitative estimate of drug-likeness (QED) is 0.859. The van der Waals surface area contributed by atoms with E-state index in [0.717, 1.165) is 32.5 Å². The van der Waals surface area contributed by atoms with Gasteiger partial charge in [-0.05, 0) is 44.0 Å². The Morgan fingerprint density at radius 2 is 2.13 bits per heavy atom. The topological polar surface area (TPSA) is 70.7 Å². The minimum atomic E-state index is -0.247. The first-order chi connectivity index (χ1) is 11.1. The number of rotatable bonds is 2. The molecule has 1 unspecified atom stereocenters. The summed E-state index contributed by atoms with van der Waals surface area (Å²) >= 11 is 6.08. The molecule has 6 nitrogen and oxygen atoms in total. The van der Waals surface area contributed by atoms with Crippen LogP contribution in [-0.2, 0) is 4.79 Å². The molecule has 0 aromatic heterocycles. The molecule has 1 aromatic carbocycles. The number of piperidine rings is 3. The molecule has 2 bridgehead atoms. The first-order valence-electron chi connectivity index (χ1n) is 7.89. The van der Waals surface area contributed by atoms with E-state index in [-0.39, 0.29) is 24.5 Å². The summed E-state index contributed by atoms with van der Waals surface area (Å²) in [5, 5.41) is 6.21. The molecule has 5 rings (SSSR count). The SMILES string of the molecule is O=C1COc2c(cc(Cl)cc2C(=O)NC2CN3CCC2CC3)N1. The molecular formula is C16H18ClN3O3. The number of amides is 2. The number of nitrogens with zero attached hydrogens (tertiary/aromatic N) is 1. The largest absolute Gasteiger partial charge is 0.481 e. The van der Waals surface area contributed by atoms with Gasteiger partial charge in [-0.2, -0.15) is 0 Å². The van der Waals surface area contributed by atoms with Gasteiger partial charge < -0.3 is 20.3 Å². The van der Waals surface area contributed by atoms with Gasteiger partial charge in [-0.15, -0.1) is 0 Å². The maximum absolute atomic E-state index is 12.7. The number of halogens is 1. The average molecular weight is 336 g/mol. The highest BCUT2D eigenvalue weighted by atomic mass is 35.5. The van der Waals surface area contributed by atoms with Gasteiger partial charge in [-0.3, -0.25) is 9.59 Å². The Hall–Kier alpha value is -1.79. The average Bonchev–Trinajstić information content (AvgIpc) is 2.54. The number of fused-ring (bicyclic) bond motifs is 4. The summed E-state index contributed by atoms with van der Waals surface area (Å²) in [6.45, 7) is 3.06. The normalized spacial score (nSPS) is 28.6. The molecule has 122 valence electrons. The van der Waals surface area contributed by atoms with Crippen molar-refractivity contribution in [1.29, 1.82) is 0 Å². The molecule has 3 saturated heterocycles. The van der Waals surface area contributed by atoms with Crippen LogP contribution in [0.1, 0.15) is 23.2 Å². The second-order valence-corrected chi connectivity index (χ2v) is 6.82. The van der Waals surface area contributed by atoms with Crippen molar-refractivity contribution in [1.82, 2.24) is 10.2 Å². The molecule has 3 fully saturated rings. The van der Waals surface area contributed by atoms with Crippen molar-refractivity contribution in [2.45, 2.75) is 18.9 Å². The molecule has 4 heterocycles. The van der Waals surface area contributed by atoms with Gasteiger partial charge in [-0.1, -0.05) is 11.6 Å². The number of carbonyl (C=O) groups is 2. The summed E-state index contributed by atoms with van der Waals surface area (Å²) in [6.07, 6.45) is 2.26. The lowest BCUT2D eigenvalue weighted by molar-refractivity contribution is -0.118. The first-order valence-corrected chi connectivity index (χ1v) is 8.27. The fourth-order valence-corrected chi connectivity index (χ4v) is 3.93. The number of carbonyl (C=O) groups excluding carboxylic acids is 2. The molecule has 0 radical (unpaired) electrons. The summed E-state index contributed by atoms with van der Waals surface area (Å²) in [4.78, 5) is 26.5. The maximum Gasteiger partial charge on any atom is 0.262 e. The Bertz CT molecular complexity index is 671. The molecule has 1 aromatic rings. The standard InChI is InChI=1S/C16H18ClN3O3/c17-10-5-11(15-12(6-10)18-14(21)8-23-15)16(22)19-13-7-20-3-1-9(13)2-4-20/h5-6,9,13H,1-4,7-8H2,(H,18,21)(H,19,22). The summed E-state index contributed by atoms with van der Waals surface area (Å²) < 4.78 is 5.45. The maximum atomic E-state index is 12.7. The zero-order valence-electron chi connectivity index (χ0n) is 12.6. The summed E-state index contributed by atoms with van der Waals surface area (Å²) in [7, 11) is 0. The number of hydrogen-bond donors (Lipinski definition) is 2. The third-order valence-corrected chi connectivity index (χ3v) is 5.11. The van der Waals surface area contributed by atoms with Crippen LogP contribution >= 0.6 is 11.6 Å². The third kappa shape index (κ3) is 2.77. The minimum absolute atomic E-state index is 0.0885. The van der Waals surface area contributed by atoms with Crippen LogP contribution in [0.2, 0.25) is 5.02 Å². The van der Waals surface area contributed by atoms with Crippen molar-refractivity contribution >= 4 is 29.1 Å². The van der Waals surface area contributed by atoms with Gasteiger partial charge in [0, 0.05) is 17.6 Å². The molecule has 7 heteroatoms. The van der Waals surface area contributed by atoms with Crippen LogP contribution in [-0.4, -0.2) is 49.0 Å². The van der Waals surface area contributed by atoms with Crippen molar-refractivity contribution in [3.8, 4) is 5.75 Å². The van der Waals surface area contributed by atoms with Crippen molar-refractivity contribution in [3.05, 3.63) is 22.7 Å². The van der Waals surface area contributed by atoms with E-state index in [1.807, 2.05) is 0 Å². The van der Waals surface area contributed by atoms with Crippen molar-refractivity contribution in [2.75, 3.05) is 31.6 Å². The van der Waals surface area contributed by atoms with E-state index in [1.165, 1.54) is 0 Å². The van der Waals surface area contributed by atoms with Crippen LogP contribution < -0.4 is 15.4 Å². The van der Waals surface area contributed by atoms with Gasteiger partial charge in [0.2, 0.25) is 0 Å². The minimum Gasteiger partial charge on any atom is -0.481 e. The number of anilines is 1.